The number of anilines is 1. The van der Waals surface area contributed by atoms with Crippen LogP contribution in [-0.4, -0.2) is 11.2 Å². The van der Waals surface area contributed by atoms with Crippen LogP contribution in [0.3, 0.4) is 0 Å². The molecule has 1 rings (SSSR count). The van der Waals surface area contributed by atoms with E-state index in [9.17, 15) is 4.79 Å². The Morgan fingerprint density at radius 2 is 1.88 bits per heavy atom. The van der Waals surface area contributed by atoms with Crippen LogP contribution in [0.1, 0.15) is 39.2 Å². The minimum absolute atomic E-state index is 0.107. The molecule has 1 unspecified atom stereocenters. The number of carboxylic acid groups (broad SMARTS) is 1. The summed E-state index contributed by atoms with van der Waals surface area (Å²) < 4.78 is 0. The predicted octanol–water partition coefficient (Wildman–Crippen LogP) is 3.93. The van der Waals surface area contributed by atoms with E-state index in [1.54, 1.807) is 6.07 Å². The SMILES string of the molecule is CC(c1ccccc1NC(=O)O)C(C)(C)C. The first-order valence-electron chi connectivity index (χ1n) is 5.41. The Hall–Kier alpha value is -1.51. The monoisotopic (exact) mass is 221 g/mol. The molecule has 0 radical (unpaired) electrons. The lowest BCUT2D eigenvalue weighted by atomic mass is 9.77. The van der Waals surface area contributed by atoms with Gasteiger partial charge in [0.15, 0.2) is 0 Å². The summed E-state index contributed by atoms with van der Waals surface area (Å²) in [7, 11) is 0. The van der Waals surface area contributed by atoms with Gasteiger partial charge < -0.3 is 5.11 Å². The van der Waals surface area contributed by atoms with Gasteiger partial charge in [-0.3, -0.25) is 5.32 Å². The third-order valence-corrected chi connectivity index (χ3v) is 2.97. The molecule has 0 aliphatic heterocycles. The molecule has 1 amide bonds. The van der Waals surface area contributed by atoms with E-state index in [1.807, 2.05) is 18.2 Å². The van der Waals surface area contributed by atoms with Crippen LogP contribution in [0.4, 0.5) is 10.5 Å². The average molecular weight is 221 g/mol. The lowest BCUT2D eigenvalue weighted by Gasteiger charge is -2.29. The van der Waals surface area contributed by atoms with Gasteiger partial charge in [0.05, 0.1) is 0 Å². The minimum Gasteiger partial charge on any atom is -0.465 e. The number of para-hydroxylation sites is 1. The van der Waals surface area contributed by atoms with Crippen molar-refractivity contribution in [3.05, 3.63) is 29.8 Å². The fourth-order valence-corrected chi connectivity index (χ4v) is 1.57. The van der Waals surface area contributed by atoms with Crippen molar-refractivity contribution in [2.45, 2.75) is 33.6 Å². The molecule has 16 heavy (non-hydrogen) atoms. The van der Waals surface area contributed by atoms with Gasteiger partial charge >= 0.3 is 6.09 Å². The normalized spacial score (nSPS) is 13.2. The maximum Gasteiger partial charge on any atom is 0.409 e. The number of rotatable bonds is 2. The summed E-state index contributed by atoms with van der Waals surface area (Å²) in [5.41, 5.74) is 1.82. The second-order valence-corrected chi connectivity index (χ2v) is 5.11. The van der Waals surface area contributed by atoms with Crippen LogP contribution in [-0.2, 0) is 0 Å². The fourth-order valence-electron chi connectivity index (χ4n) is 1.57. The van der Waals surface area contributed by atoms with E-state index in [1.165, 1.54) is 0 Å². The van der Waals surface area contributed by atoms with Gasteiger partial charge in [-0.25, -0.2) is 4.79 Å². The van der Waals surface area contributed by atoms with Gasteiger partial charge in [0, 0.05) is 5.69 Å². The minimum atomic E-state index is -1.02. The van der Waals surface area contributed by atoms with Crippen molar-refractivity contribution in [3.8, 4) is 0 Å². The average Bonchev–Trinajstić information content (AvgIpc) is 2.15. The maximum atomic E-state index is 10.7. The summed E-state index contributed by atoms with van der Waals surface area (Å²) in [5.74, 6) is 0.288. The second-order valence-electron chi connectivity index (χ2n) is 5.11. The van der Waals surface area contributed by atoms with Crippen LogP contribution >= 0.6 is 0 Å². The molecule has 0 aromatic heterocycles. The van der Waals surface area contributed by atoms with E-state index in [0.717, 1.165) is 5.56 Å². The standard InChI is InChI=1S/C13H19NO2/c1-9(13(2,3)4)10-7-5-6-8-11(10)14-12(15)16/h5-9,14H,1-4H3,(H,15,16). The van der Waals surface area contributed by atoms with Crippen LogP contribution in [0.25, 0.3) is 0 Å². The first-order valence-corrected chi connectivity index (χ1v) is 5.41. The zero-order chi connectivity index (χ0) is 12.3. The molecule has 3 nitrogen and oxygen atoms in total. The van der Waals surface area contributed by atoms with Gasteiger partial charge in [0.2, 0.25) is 0 Å². The Kier molecular flexibility index (Phi) is 3.58. The summed E-state index contributed by atoms with van der Waals surface area (Å²) >= 11 is 0. The fraction of sp³-hybridized carbons (Fsp3) is 0.462. The zero-order valence-electron chi connectivity index (χ0n) is 10.2. The third-order valence-electron chi connectivity index (χ3n) is 2.97. The third kappa shape index (κ3) is 2.99. The smallest absolute Gasteiger partial charge is 0.409 e. The van der Waals surface area contributed by atoms with E-state index in [4.69, 9.17) is 5.11 Å². The quantitative estimate of drug-likeness (QED) is 0.795. The Morgan fingerprint density at radius 3 is 2.38 bits per heavy atom. The molecular formula is C13H19NO2. The Bertz CT molecular complexity index is 380. The van der Waals surface area contributed by atoms with Crippen LogP contribution < -0.4 is 5.32 Å². The molecule has 3 heteroatoms. The number of hydrogen-bond donors (Lipinski definition) is 2. The van der Waals surface area contributed by atoms with Gasteiger partial charge in [-0.05, 0) is 23.0 Å². The number of carbonyl (C=O) groups is 1. The highest BCUT2D eigenvalue weighted by atomic mass is 16.4. The number of hydrogen-bond acceptors (Lipinski definition) is 1. The summed E-state index contributed by atoms with van der Waals surface area (Å²) in [6.07, 6.45) is -1.02. The molecule has 1 atom stereocenters. The summed E-state index contributed by atoms with van der Waals surface area (Å²) in [4.78, 5) is 10.7. The van der Waals surface area contributed by atoms with Crippen molar-refractivity contribution < 1.29 is 9.90 Å². The van der Waals surface area contributed by atoms with Crippen molar-refractivity contribution in [2.24, 2.45) is 5.41 Å². The topological polar surface area (TPSA) is 49.3 Å². The van der Waals surface area contributed by atoms with Crippen LogP contribution in [0, 0.1) is 5.41 Å². The molecular weight excluding hydrogens is 202 g/mol. The molecule has 1 aromatic carbocycles. The summed E-state index contributed by atoms with van der Waals surface area (Å²) in [5, 5.41) is 11.2. The first kappa shape index (κ1) is 12.6. The highest BCUT2D eigenvalue weighted by Crippen LogP contribution is 2.37. The van der Waals surface area contributed by atoms with Crippen molar-refractivity contribution in [1.82, 2.24) is 0 Å². The molecule has 0 saturated carbocycles. The van der Waals surface area contributed by atoms with Gasteiger partial charge in [-0.1, -0.05) is 45.9 Å². The molecule has 0 fully saturated rings. The largest absolute Gasteiger partial charge is 0.465 e. The highest BCUT2D eigenvalue weighted by molar-refractivity contribution is 5.84. The van der Waals surface area contributed by atoms with E-state index in [-0.39, 0.29) is 11.3 Å². The molecule has 88 valence electrons. The highest BCUT2D eigenvalue weighted by Gasteiger charge is 2.23. The van der Waals surface area contributed by atoms with Crippen LogP contribution in [0.15, 0.2) is 24.3 Å². The lowest BCUT2D eigenvalue weighted by molar-refractivity contribution is 0.209. The summed E-state index contributed by atoms with van der Waals surface area (Å²) in [6.45, 7) is 8.56. The first-order chi connectivity index (χ1) is 7.32. The predicted molar refractivity (Wildman–Crippen MR) is 66.0 cm³/mol. The molecule has 2 N–H and O–H groups in total. The van der Waals surface area contributed by atoms with Crippen LogP contribution in [0.2, 0.25) is 0 Å². The summed E-state index contributed by atoms with van der Waals surface area (Å²) in [6, 6.07) is 7.54. The molecule has 0 bridgehead atoms. The van der Waals surface area contributed by atoms with E-state index in [2.05, 4.69) is 33.0 Å². The number of benzene rings is 1. The molecule has 0 aliphatic carbocycles. The van der Waals surface area contributed by atoms with E-state index < -0.39 is 6.09 Å². The Morgan fingerprint density at radius 1 is 1.31 bits per heavy atom. The van der Waals surface area contributed by atoms with E-state index in [0.29, 0.717) is 5.69 Å². The molecule has 1 aromatic rings. The molecule has 0 aliphatic rings. The Balaban J connectivity index is 3.08. The van der Waals surface area contributed by atoms with Crippen molar-refractivity contribution in [3.63, 3.8) is 0 Å². The molecule has 0 saturated heterocycles. The van der Waals surface area contributed by atoms with Gasteiger partial charge in [-0.15, -0.1) is 0 Å². The maximum absolute atomic E-state index is 10.7. The Labute approximate surface area is 96.5 Å². The van der Waals surface area contributed by atoms with Crippen molar-refractivity contribution in [2.75, 3.05) is 5.32 Å². The van der Waals surface area contributed by atoms with Gasteiger partial charge in [-0.2, -0.15) is 0 Å². The second kappa shape index (κ2) is 4.56. The zero-order valence-corrected chi connectivity index (χ0v) is 10.2. The molecule has 0 heterocycles. The van der Waals surface area contributed by atoms with Gasteiger partial charge in [0.1, 0.15) is 0 Å². The number of amides is 1. The van der Waals surface area contributed by atoms with Crippen LogP contribution in [0.5, 0.6) is 0 Å². The van der Waals surface area contributed by atoms with E-state index >= 15 is 0 Å². The van der Waals surface area contributed by atoms with Crippen molar-refractivity contribution >= 4 is 11.8 Å². The van der Waals surface area contributed by atoms with Gasteiger partial charge in [0.25, 0.3) is 0 Å². The van der Waals surface area contributed by atoms with Crippen molar-refractivity contribution in [1.29, 1.82) is 0 Å². The lowest BCUT2D eigenvalue weighted by Crippen LogP contribution is -2.18. The number of nitrogens with one attached hydrogen (secondary N) is 1. The molecule has 0 spiro atoms.